The number of alkyl halides is 6. The summed E-state index contributed by atoms with van der Waals surface area (Å²) in [5, 5.41) is 14.3. The normalized spacial score (nSPS) is 12.3. The standard InChI is InChI=1S/C25H17F6N5O/c26-24(27,28)18-7-6-16(20(12-18)25(29,30)31)13-36-21-9-8-19(37-14-15-4-2-1-3-5-15)10-17(21)11-22(36)23-32-34-35-33-23/h1-12H,13-14H2,(H,32,33,34,35). The second-order valence-corrected chi connectivity index (χ2v) is 8.21. The van der Waals surface area contributed by atoms with E-state index in [0.717, 1.165) is 11.6 Å². The predicted octanol–water partition coefficient (Wildman–Crippen LogP) is 6.49. The van der Waals surface area contributed by atoms with Gasteiger partial charge < -0.3 is 9.30 Å². The molecule has 1 N–H and O–H groups in total. The van der Waals surface area contributed by atoms with Crippen molar-refractivity contribution in [2.45, 2.75) is 25.5 Å². The van der Waals surface area contributed by atoms with Crippen molar-refractivity contribution in [2.75, 3.05) is 0 Å². The van der Waals surface area contributed by atoms with Gasteiger partial charge in [-0.15, -0.1) is 10.2 Å². The number of aromatic nitrogens is 5. The number of hydrogen-bond acceptors (Lipinski definition) is 4. The molecule has 0 aliphatic heterocycles. The van der Waals surface area contributed by atoms with Gasteiger partial charge in [0.2, 0.25) is 5.82 Å². The number of H-pyrrole nitrogens is 1. The van der Waals surface area contributed by atoms with Crippen LogP contribution >= 0.6 is 0 Å². The van der Waals surface area contributed by atoms with Gasteiger partial charge in [-0.1, -0.05) is 36.4 Å². The highest BCUT2D eigenvalue weighted by molar-refractivity contribution is 5.87. The van der Waals surface area contributed by atoms with Gasteiger partial charge in [-0.3, -0.25) is 0 Å². The van der Waals surface area contributed by atoms with Crippen LogP contribution in [0.15, 0.2) is 72.8 Å². The lowest BCUT2D eigenvalue weighted by atomic mass is 10.0. The van der Waals surface area contributed by atoms with Crippen molar-refractivity contribution in [1.29, 1.82) is 0 Å². The van der Waals surface area contributed by atoms with Gasteiger partial charge in [0.1, 0.15) is 12.4 Å². The molecule has 5 rings (SSSR count). The molecule has 5 aromatic rings. The molecule has 2 heterocycles. The first-order chi connectivity index (χ1) is 17.6. The fourth-order valence-electron chi connectivity index (χ4n) is 4.03. The summed E-state index contributed by atoms with van der Waals surface area (Å²) < 4.78 is 88.0. The molecule has 0 saturated carbocycles. The number of nitrogens with zero attached hydrogens (tertiary/aromatic N) is 4. The fraction of sp³-hybridized carbons (Fsp3) is 0.160. The zero-order chi connectivity index (χ0) is 26.2. The van der Waals surface area contributed by atoms with Gasteiger partial charge >= 0.3 is 12.4 Å². The number of benzene rings is 3. The maximum absolute atomic E-state index is 13.8. The van der Waals surface area contributed by atoms with Gasteiger partial charge in [0, 0.05) is 17.4 Å². The average Bonchev–Trinajstić information content (AvgIpc) is 3.50. The molecule has 6 nitrogen and oxygen atoms in total. The first-order valence-corrected chi connectivity index (χ1v) is 10.9. The molecule has 0 atom stereocenters. The molecule has 2 aromatic heterocycles. The Kier molecular flexibility index (Phi) is 6.10. The van der Waals surface area contributed by atoms with Crippen LogP contribution in [-0.4, -0.2) is 25.2 Å². The third-order valence-electron chi connectivity index (χ3n) is 5.77. The van der Waals surface area contributed by atoms with Crippen molar-refractivity contribution in [3.8, 4) is 17.3 Å². The summed E-state index contributed by atoms with van der Waals surface area (Å²) in [6, 6.07) is 17.8. The number of aromatic amines is 1. The van der Waals surface area contributed by atoms with Crippen LogP contribution in [0.1, 0.15) is 22.3 Å². The van der Waals surface area contributed by atoms with E-state index in [1.807, 2.05) is 30.3 Å². The largest absolute Gasteiger partial charge is 0.489 e. The van der Waals surface area contributed by atoms with Crippen LogP contribution in [0.4, 0.5) is 26.3 Å². The van der Waals surface area contributed by atoms with Crippen LogP contribution in [0, 0.1) is 0 Å². The average molecular weight is 517 g/mol. The van der Waals surface area contributed by atoms with Gasteiger partial charge in [-0.25, -0.2) is 0 Å². The Balaban J connectivity index is 1.56. The molecular weight excluding hydrogens is 500 g/mol. The Morgan fingerprint density at radius 3 is 2.30 bits per heavy atom. The van der Waals surface area contributed by atoms with E-state index in [4.69, 9.17) is 4.74 Å². The van der Waals surface area contributed by atoms with Crippen molar-refractivity contribution in [1.82, 2.24) is 25.2 Å². The van der Waals surface area contributed by atoms with Crippen molar-refractivity contribution in [3.05, 3.63) is 95.1 Å². The minimum absolute atomic E-state index is 0.114. The topological polar surface area (TPSA) is 68.6 Å². The third-order valence-corrected chi connectivity index (χ3v) is 5.77. The number of halogens is 6. The molecule has 0 unspecified atom stereocenters. The molecule has 0 amide bonds. The molecule has 0 radical (unpaired) electrons. The first-order valence-electron chi connectivity index (χ1n) is 10.9. The molecule has 0 bridgehead atoms. The predicted molar refractivity (Wildman–Crippen MR) is 121 cm³/mol. The van der Waals surface area contributed by atoms with Crippen LogP contribution in [-0.2, 0) is 25.5 Å². The Labute approximate surface area is 205 Å². The second kappa shape index (κ2) is 9.26. The summed E-state index contributed by atoms with van der Waals surface area (Å²) in [4.78, 5) is 0. The first kappa shape index (κ1) is 24.3. The minimum Gasteiger partial charge on any atom is -0.489 e. The van der Waals surface area contributed by atoms with Gasteiger partial charge in [-0.2, -0.15) is 31.6 Å². The summed E-state index contributed by atoms with van der Waals surface area (Å²) in [5.41, 5.74) is -1.29. The van der Waals surface area contributed by atoms with E-state index in [-0.39, 0.29) is 24.0 Å². The van der Waals surface area contributed by atoms with Crippen molar-refractivity contribution in [3.63, 3.8) is 0 Å². The summed E-state index contributed by atoms with van der Waals surface area (Å²) >= 11 is 0. The zero-order valence-corrected chi connectivity index (χ0v) is 18.8. The van der Waals surface area contributed by atoms with E-state index in [2.05, 4.69) is 20.6 Å². The molecule has 0 fully saturated rings. The Morgan fingerprint density at radius 2 is 1.62 bits per heavy atom. The van der Waals surface area contributed by atoms with Crippen LogP contribution < -0.4 is 4.74 Å². The van der Waals surface area contributed by atoms with Crippen LogP contribution in [0.25, 0.3) is 22.4 Å². The molecule has 0 spiro atoms. The van der Waals surface area contributed by atoms with Crippen LogP contribution in [0.2, 0.25) is 0 Å². The molecule has 190 valence electrons. The maximum atomic E-state index is 13.8. The molecule has 0 saturated heterocycles. The van der Waals surface area contributed by atoms with Crippen LogP contribution in [0.5, 0.6) is 5.75 Å². The molecular formula is C25H17F6N5O. The molecule has 3 aromatic carbocycles. The van der Waals surface area contributed by atoms with Crippen LogP contribution in [0.3, 0.4) is 0 Å². The summed E-state index contributed by atoms with van der Waals surface area (Å²) in [6.07, 6.45) is -9.91. The monoisotopic (exact) mass is 517 g/mol. The Hall–Kier alpha value is -4.35. The van der Waals surface area contributed by atoms with Crippen molar-refractivity contribution >= 4 is 10.9 Å². The lowest BCUT2D eigenvalue weighted by Crippen LogP contribution is -2.15. The van der Waals surface area contributed by atoms with E-state index in [9.17, 15) is 26.3 Å². The summed E-state index contributed by atoms with van der Waals surface area (Å²) in [7, 11) is 0. The number of hydrogen-bond donors (Lipinski definition) is 1. The quantitative estimate of drug-likeness (QED) is 0.262. The molecule has 0 aliphatic carbocycles. The number of ether oxygens (including phenoxy) is 1. The number of rotatable bonds is 6. The third kappa shape index (κ3) is 5.13. The highest BCUT2D eigenvalue weighted by Crippen LogP contribution is 2.39. The lowest BCUT2D eigenvalue weighted by Gasteiger charge is -2.18. The smallest absolute Gasteiger partial charge is 0.416 e. The highest BCUT2D eigenvalue weighted by atomic mass is 19.4. The van der Waals surface area contributed by atoms with Gasteiger partial charge in [0.05, 0.1) is 16.8 Å². The Bertz CT molecular complexity index is 1530. The van der Waals surface area contributed by atoms with Gasteiger partial charge in [0.25, 0.3) is 0 Å². The molecule has 37 heavy (non-hydrogen) atoms. The SMILES string of the molecule is FC(F)(F)c1ccc(Cn2c(-c3nn[nH]n3)cc3cc(OCc4ccccc4)ccc32)c(C(F)(F)F)c1. The lowest BCUT2D eigenvalue weighted by molar-refractivity contribution is -0.143. The second-order valence-electron chi connectivity index (χ2n) is 8.21. The van der Waals surface area contributed by atoms with E-state index in [1.165, 1.54) is 4.57 Å². The number of tetrazole rings is 1. The van der Waals surface area contributed by atoms with Gasteiger partial charge in [-0.05, 0) is 52.7 Å². The molecule has 0 aliphatic rings. The van der Waals surface area contributed by atoms with E-state index >= 15 is 0 Å². The van der Waals surface area contributed by atoms with E-state index < -0.39 is 23.5 Å². The summed E-state index contributed by atoms with van der Waals surface area (Å²) in [5.74, 6) is 0.641. The van der Waals surface area contributed by atoms with Crippen molar-refractivity contribution < 1.29 is 31.1 Å². The van der Waals surface area contributed by atoms with Crippen molar-refractivity contribution in [2.24, 2.45) is 0 Å². The minimum atomic E-state index is -5.00. The van der Waals surface area contributed by atoms with Gasteiger partial charge in [0.15, 0.2) is 0 Å². The van der Waals surface area contributed by atoms with E-state index in [0.29, 0.717) is 35.0 Å². The fourth-order valence-corrected chi connectivity index (χ4v) is 4.03. The molecule has 12 heteroatoms. The number of fused-ring (bicyclic) bond motifs is 1. The summed E-state index contributed by atoms with van der Waals surface area (Å²) in [6.45, 7) is -0.0736. The zero-order valence-electron chi connectivity index (χ0n) is 18.8. The highest BCUT2D eigenvalue weighted by Gasteiger charge is 2.38. The van der Waals surface area contributed by atoms with E-state index in [1.54, 1.807) is 24.3 Å². The number of nitrogens with one attached hydrogen (secondary N) is 1. The maximum Gasteiger partial charge on any atom is 0.416 e. The Morgan fingerprint density at radius 1 is 0.838 bits per heavy atom.